The van der Waals surface area contributed by atoms with Gasteiger partial charge >= 0.3 is 5.97 Å². The Labute approximate surface area is 224 Å². The highest BCUT2D eigenvalue weighted by Gasteiger charge is 2.74. The fraction of sp³-hybridized carbons (Fsp3) is 0.815. The van der Waals surface area contributed by atoms with Crippen LogP contribution in [0.5, 0.6) is 0 Å². The predicted octanol–water partition coefficient (Wildman–Crippen LogP) is 1.54. The van der Waals surface area contributed by atoms with E-state index in [0.29, 0.717) is 32.8 Å². The van der Waals surface area contributed by atoms with Crippen molar-refractivity contribution in [2.75, 3.05) is 65.7 Å². The van der Waals surface area contributed by atoms with Gasteiger partial charge in [0.2, 0.25) is 11.8 Å². The van der Waals surface area contributed by atoms with E-state index < -0.39 is 22.6 Å². The van der Waals surface area contributed by atoms with E-state index in [0.717, 1.165) is 58.2 Å². The average molecular weight is 538 g/mol. The van der Waals surface area contributed by atoms with Crippen LogP contribution in [0.25, 0.3) is 0 Å². The molecule has 0 aromatic heterocycles. The monoisotopic (exact) mass is 537 g/mol. The van der Waals surface area contributed by atoms with Crippen molar-refractivity contribution < 1.29 is 29.0 Å². The van der Waals surface area contributed by atoms with Gasteiger partial charge in [-0.1, -0.05) is 18.9 Å². The molecule has 2 bridgehead atoms. The van der Waals surface area contributed by atoms with Crippen molar-refractivity contribution in [1.29, 1.82) is 0 Å². The zero-order valence-electron chi connectivity index (χ0n) is 22.1. The van der Waals surface area contributed by atoms with Crippen LogP contribution in [0, 0.1) is 11.8 Å². The molecule has 4 saturated heterocycles. The maximum Gasteiger partial charge on any atom is 0.310 e. The maximum absolute atomic E-state index is 14.3. The van der Waals surface area contributed by atoms with Gasteiger partial charge in [-0.15, -0.1) is 18.3 Å². The minimum atomic E-state index is -0.584. The van der Waals surface area contributed by atoms with Gasteiger partial charge in [0, 0.05) is 51.1 Å². The largest absolute Gasteiger partial charge is 0.466 e. The molecule has 0 aromatic rings. The Morgan fingerprint density at radius 2 is 2.00 bits per heavy atom. The second kappa shape index (κ2) is 13.0. The average Bonchev–Trinajstić information content (AvgIpc) is 3.54. The van der Waals surface area contributed by atoms with Crippen LogP contribution < -0.4 is 0 Å². The molecule has 0 aliphatic carbocycles. The number of thioether (sulfide) groups is 1. The number of carbonyl (C=O) groups excluding carboxylic acids is 3. The maximum atomic E-state index is 14.3. The number of likely N-dealkylation sites (tertiary alicyclic amines) is 1. The summed E-state index contributed by atoms with van der Waals surface area (Å²) in [7, 11) is 0. The van der Waals surface area contributed by atoms with Crippen molar-refractivity contribution in [2.45, 2.75) is 61.5 Å². The lowest BCUT2D eigenvalue weighted by atomic mass is 9.71. The number of hydrogen-bond donors (Lipinski definition) is 1. The number of unbranched alkanes of at least 4 members (excludes halogenated alkanes) is 3. The number of carbonyl (C=O) groups is 3. The summed E-state index contributed by atoms with van der Waals surface area (Å²) in [6.45, 7) is 11.5. The summed E-state index contributed by atoms with van der Waals surface area (Å²) in [5, 5.41) is 9.14. The molecule has 1 N–H and O–H groups in total. The predicted molar refractivity (Wildman–Crippen MR) is 142 cm³/mol. The van der Waals surface area contributed by atoms with Gasteiger partial charge in [0.25, 0.3) is 0 Å². The molecule has 0 radical (unpaired) electrons. The van der Waals surface area contributed by atoms with Gasteiger partial charge < -0.3 is 24.4 Å². The molecular weight excluding hydrogens is 494 g/mol. The molecule has 4 fully saturated rings. The van der Waals surface area contributed by atoms with Crippen LogP contribution in [0.1, 0.15) is 45.4 Å². The van der Waals surface area contributed by atoms with Crippen LogP contribution in [0.2, 0.25) is 0 Å². The topological polar surface area (TPSA) is 99.6 Å². The standard InChI is InChI=1S/C27H43N3O6S/c1-3-11-29(14-13-28-15-18-35-19-16-28)25(33)23-27-10-9-20(37-27)21(26(34)36-4-2)22(27)24(32)30(23)12-7-5-6-8-17-31/h3,20-23,31H,1,4-19H2,2H3/t20-,21+,22-,23?,27?/m0/s1. The Kier molecular flexibility index (Phi) is 9.94. The zero-order valence-corrected chi connectivity index (χ0v) is 23.0. The summed E-state index contributed by atoms with van der Waals surface area (Å²) in [4.78, 5) is 47.2. The number of rotatable bonds is 14. The number of esters is 1. The van der Waals surface area contributed by atoms with Gasteiger partial charge in [0.1, 0.15) is 6.04 Å². The smallest absolute Gasteiger partial charge is 0.310 e. The fourth-order valence-corrected chi connectivity index (χ4v) is 8.83. The number of aliphatic hydroxyl groups excluding tert-OH is 1. The zero-order chi connectivity index (χ0) is 26.4. The highest BCUT2D eigenvalue weighted by molar-refractivity contribution is 8.02. The molecule has 10 heteroatoms. The van der Waals surface area contributed by atoms with Crippen molar-refractivity contribution in [3.63, 3.8) is 0 Å². The Morgan fingerprint density at radius 1 is 1.24 bits per heavy atom. The van der Waals surface area contributed by atoms with Gasteiger partial charge in [-0.2, -0.15) is 0 Å². The lowest BCUT2D eigenvalue weighted by Gasteiger charge is -2.38. The van der Waals surface area contributed by atoms with Crippen LogP contribution >= 0.6 is 11.8 Å². The van der Waals surface area contributed by atoms with Gasteiger partial charge in [-0.3, -0.25) is 19.3 Å². The first-order valence-corrected chi connectivity index (χ1v) is 14.8. The first-order chi connectivity index (χ1) is 18.0. The lowest BCUT2D eigenvalue weighted by molar-refractivity contribution is -0.153. The van der Waals surface area contributed by atoms with Gasteiger partial charge in [0.15, 0.2) is 0 Å². The van der Waals surface area contributed by atoms with Gasteiger partial charge in [0.05, 0.1) is 36.4 Å². The first-order valence-electron chi connectivity index (χ1n) is 13.9. The van der Waals surface area contributed by atoms with Crippen molar-refractivity contribution in [2.24, 2.45) is 11.8 Å². The normalized spacial score (nSPS) is 31.0. The van der Waals surface area contributed by atoms with E-state index >= 15 is 0 Å². The van der Waals surface area contributed by atoms with E-state index in [1.807, 2.05) is 4.90 Å². The Hall–Kier alpha value is -1.62. The molecule has 1 spiro atoms. The lowest BCUT2D eigenvalue weighted by Crippen LogP contribution is -2.56. The Balaban J connectivity index is 1.57. The van der Waals surface area contributed by atoms with Crippen molar-refractivity contribution in [1.82, 2.24) is 14.7 Å². The number of fused-ring (bicyclic) bond motifs is 1. The highest BCUT2D eigenvalue weighted by atomic mass is 32.2. The summed E-state index contributed by atoms with van der Waals surface area (Å²) in [6.07, 6.45) is 6.61. The van der Waals surface area contributed by atoms with E-state index in [9.17, 15) is 14.4 Å². The highest BCUT2D eigenvalue weighted by Crippen LogP contribution is 2.66. The van der Waals surface area contributed by atoms with E-state index in [-0.39, 0.29) is 36.2 Å². The third-order valence-electron chi connectivity index (χ3n) is 8.35. The third-order valence-corrected chi connectivity index (χ3v) is 10.3. The number of ether oxygens (including phenoxy) is 2. The van der Waals surface area contributed by atoms with E-state index in [4.69, 9.17) is 14.6 Å². The second-order valence-corrected chi connectivity index (χ2v) is 12.1. The molecule has 0 saturated carbocycles. The number of nitrogens with zero attached hydrogens (tertiary/aromatic N) is 3. The molecule has 0 aromatic carbocycles. The fourth-order valence-electron chi connectivity index (χ4n) is 6.63. The molecule has 4 aliphatic rings. The van der Waals surface area contributed by atoms with Crippen LogP contribution in [0.15, 0.2) is 12.7 Å². The Bertz CT molecular complexity index is 837. The molecule has 4 aliphatic heterocycles. The molecular formula is C27H43N3O6S. The van der Waals surface area contributed by atoms with Crippen LogP contribution in [0.3, 0.4) is 0 Å². The summed E-state index contributed by atoms with van der Waals surface area (Å²) in [6, 6.07) is -0.582. The molecule has 4 rings (SSSR count). The van der Waals surface area contributed by atoms with E-state index in [1.54, 1.807) is 29.7 Å². The van der Waals surface area contributed by atoms with Crippen molar-refractivity contribution in [3.05, 3.63) is 12.7 Å². The number of amides is 2. The number of aliphatic hydroxyl groups is 1. The summed E-state index contributed by atoms with van der Waals surface area (Å²) >= 11 is 1.69. The van der Waals surface area contributed by atoms with Gasteiger partial charge in [-0.05, 0) is 32.6 Å². The van der Waals surface area contributed by atoms with Crippen LogP contribution in [0.4, 0.5) is 0 Å². The molecule has 2 unspecified atom stereocenters. The molecule has 5 atom stereocenters. The number of morpholine rings is 1. The summed E-state index contributed by atoms with van der Waals surface area (Å²) in [5.41, 5.74) is 0. The van der Waals surface area contributed by atoms with Crippen molar-refractivity contribution >= 4 is 29.5 Å². The number of hydrogen-bond acceptors (Lipinski definition) is 8. The quantitative estimate of drug-likeness (QED) is 0.202. The molecule has 4 heterocycles. The summed E-state index contributed by atoms with van der Waals surface area (Å²) < 4.78 is 10.3. The minimum Gasteiger partial charge on any atom is -0.466 e. The van der Waals surface area contributed by atoms with Gasteiger partial charge in [-0.25, -0.2) is 0 Å². The van der Waals surface area contributed by atoms with Crippen LogP contribution in [-0.2, 0) is 23.9 Å². The second-order valence-electron chi connectivity index (χ2n) is 10.5. The third kappa shape index (κ3) is 5.72. The SMILES string of the molecule is C=CCN(CCN1CCOCC1)C(=O)C1N(CCCCCCO)C(=O)[C@@H]2[C@H](C(=O)OCC)[C@@H]3CCC12S3. The summed E-state index contributed by atoms with van der Waals surface area (Å²) in [5.74, 6) is -1.39. The van der Waals surface area contributed by atoms with E-state index in [2.05, 4.69) is 11.5 Å². The molecule has 37 heavy (non-hydrogen) atoms. The Morgan fingerprint density at radius 3 is 2.70 bits per heavy atom. The van der Waals surface area contributed by atoms with E-state index in [1.165, 1.54) is 0 Å². The first kappa shape index (κ1) is 28.4. The van der Waals surface area contributed by atoms with Crippen LogP contribution in [-0.4, -0.2) is 119 Å². The van der Waals surface area contributed by atoms with Crippen molar-refractivity contribution in [3.8, 4) is 0 Å². The molecule has 9 nitrogen and oxygen atoms in total. The molecule has 208 valence electrons. The minimum absolute atomic E-state index is 0.0243. The molecule has 2 amide bonds.